The van der Waals surface area contributed by atoms with Gasteiger partial charge in [-0.15, -0.1) is 21.5 Å². The van der Waals surface area contributed by atoms with Crippen LogP contribution in [0, 0.1) is 0 Å². The molecule has 0 bridgehead atoms. The molecule has 0 aliphatic carbocycles. The average molecular weight is 367 g/mol. The number of thiophene rings is 1. The molecule has 2 rings (SSSR count). The minimum atomic E-state index is 0.652. The largest absolute Gasteiger partial charge is 0.383 e. The van der Waals surface area contributed by atoms with Crippen LogP contribution in [0.1, 0.15) is 0 Å². The summed E-state index contributed by atoms with van der Waals surface area (Å²) in [4.78, 5) is 1.08. The first kappa shape index (κ1) is 12.2. The number of methoxy groups -OCH3 is 1. The van der Waals surface area contributed by atoms with Gasteiger partial charge in [0.1, 0.15) is 6.33 Å². The molecule has 0 aliphatic heterocycles. The Balaban J connectivity index is 2.29. The summed E-state index contributed by atoms with van der Waals surface area (Å²) in [5.41, 5.74) is 0. The topological polar surface area (TPSA) is 39.9 Å². The normalized spacial score (nSPS) is 10.9. The lowest BCUT2D eigenvalue weighted by Crippen LogP contribution is -2.04. The highest BCUT2D eigenvalue weighted by Gasteiger charge is 2.12. The van der Waals surface area contributed by atoms with Crippen LogP contribution in [0.15, 0.2) is 20.7 Å². The van der Waals surface area contributed by atoms with E-state index in [1.165, 1.54) is 0 Å². The molecule has 0 amide bonds. The smallest absolute Gasteiger partial charge is 0.173 e. The summed E-state index contributed by atoms with van der Waals surface area (Å²) >= 11 is 8.55. The fraction of sp³-hybridized carbons (Fsp3) is 0.333. The Kier molecular flexibility index (Phi) is 4.12. The van der Waals surface area contributed by atoms with Crippen LogP contribution >= 0.6 is 43.2 Å². The van der Waals surface area contributed by atoms with Crippen LogP contribution in [-0.2, 0) is 11.3 Å². The number of aromatic nitrogens is 3. The fourth-order valence-corrected chi connectivity index (χ4v) is 3.29. The van der Waals surface area contributed by atoms with Crippen molar-refractivity contribution in [3.63, 3.8) is 0 Å². The Morgan fingerprint density at radius 3 is 2.94 bits per heavy atom. The maximum Gasteiger partial charge on any atom is 0.173 e. The predicted molar refractivity (Wildman–Crippen MR) is 70.6 cm³/mol. The first-order valence-corrected chi connectivity index (χ1v) is 6.94. The zero-order valence-electron chi connectivity index (χ0n) is 8.48. The molecule has 0 aliphatic rings. The summed E-state index contributed by atoms with van der Waals surface area (Å²) in [6, 6.07) is 2.03. The second-order valence-corrected chi connectivity index (χ2v) is 6.30. The van der Waals surface area contributed by atoms with Gasteiger partial charge in [0.05, 0.1) is 15.3 Å². The van der Waals surface area contributed by atoms with E-state index in [0.29, 0.717) is 6.61 Å². The maximum absolute atomic E-state index is 5.04. The number of hydrogen-bond acceptors (Lipinski definition) is 4. The third-order valence-electron chi connectivity index (χ3n) is 2.02. The Labute approximate surface area is 114 Å². The van der Waals surface area contributed by atoms with E-state index < -0.39 is 0 Å². The van der Waals surface area contributed by atoms with E-state index in [4.69, 9.17) is 4.74 Å². The van der Waals surface area contributed by atoms with Gasteiger partial charge < -0.3 is 9.30 Å². The van der Waals surface area contributed by atoms with E-state index in [2.05, 4.69) is 42.1 Å². The SMILES string of the molecule is COCCn1cnnc1-c1cc(Br)c(Br)s1. The third-order valence-corrected chi connectivity index (χ3v) is 5.27. The molecule has 0 radical (unpaired) electrons. The minimum absolute atomic E-state index is 0.652. The second kappa shape index (κ2) is 5.39. The van der Waals surface area contributed by atoms with Crippen molar-refractivity contribution in [3.05, 3.63) is 20.7 Å². The van der Waals surface area contributed by atoms with Gasteiger partial charge in [-0.1, -0.05) is 0 Å². The van der Waals surface area contributed by atoms with Crippen molar-refractivity contribution < 1.29 is 4.74 Å². The molecule has 7 heteroatoms. The van der Waals surface area contributed by atoms with Crippen molar-refractivity contribution in [2.45, 2.75) is 6.54 Å². The van der Waals surface area contributed by atoms with Crippen LogP contribution in [0.25, 0.3) is 10.7 Å². The Morgan fingerprint density at radius 1 is 1.50 bits per heavy atom. The molecule has 2 aromatic heterocycles. The summed E-state index contributed by atoms with van der Waals surface area (Å²) in [6.07, 6.45) is 1.72. The number of halogens is 2. The number of hydrogen-bond donors (Lipinski definition) is 0. The van der Waals surface area contributed by atoms with E-state index in [1.54, 1.807) is 24.8 Å². The van der Waals surface area contributed by atoms with Gasteiger partial charge in [0.15, 0.2) is 5.82 Å². The van der Waals surface area contributed by atoms with Gasteiger partial charge in [0, 0.05) is 18.1 Å². The van der Waals surface area contributed by atoms with Crippen molar-refractivity contribution in [1.29, 1.82) is 0 Å². The molecule has 0 N–H and O–H groups in total. The van der Waals surface area contributed by atoms with E-state index >= 15 is 0 Å². The van der Waals surface area contributed by atoms with E-state index in [1.807, 2.05) is 10.6 Å². The van der Waals surface area contributed by atoms with Gasteiger partial charge in [0.25, 0.3) is 0 Å². The van der Waals surface area contributed by atoms with Gasteiger partial charge >= 0.3 is 0 Å². The lowest BCUT2D eigenvalue weighted by molar-refractivity contribution is 0.187. The Morgan fingerprint density at radius 2 is 2.31 bits per heavy atom. The molecule has 0 atom stereocenters. The molecule has 0 aromatic carbocycles. The highest BCUT2D eigenvalue weighted by atomic mass is 79.9. The third kappa shape index (κ3) is 2.53. The lowest BCUT2D eigenvalue weighted by atomic mass is 10.4. The lowest BCUT2D eigenvalue weighted by Gasteiger charge is -2.03. The fourth-order valence-electron chi connectivity index (χ4n) is 1.26. The van der Waals surface area contributed by atoms with Crippen LogP contribution in [0.4, 0.5) is 0 Å². The summed E-state index contributed by atoms with van der Waals surface area (Å²) in [7, 11) is 1.68. The zero-order chi connectivity index (χ0) is 11.5. The second-order valence-electron chi connectivity index (χ2n) is 3.07. The van der Waals surface area contributed by atoms with Crippen LogP contribution < -0.4 is 0 Å². The van der Waals surface area contributed by atoms with Gasteiger partial charge in [-0.3, -0.25) is 0 Å². The number of ether oxygens (including phenoxy) is 1. The van der Waals surface area contributed by atoms with Crippen LogP contribution in [0.5, 0.6) is 0 Å². The highest BCUT2D eigenvalue weighted by molar-refractivity contribution is 9.13. The van der Waals surface area contributed by atoms with Crippen LogP contribution in [0.3, 0.4) is 0 Å². The Hall–Kier alpha value is -0.240. The van der Waals surface area contributed by atoms with Gasteiger partial charge in [-0.25, -0.2) is 0 Å². The molecular formula is C9H9Br2N3OS. The molecule has 2 heterocycles. The molecule has 16 heavy (non-hydrogen) atoms. The summed E-state index contributed by atoms with van der Waals surface area (Å²) in [5, 5.41) is 8.04. The molecule has 86 valence electrons. The Bertz CT molecular complexity index is 463. The highest BCUT2D eigenvalue weighted by Crippen LogP contribution is 2.37. The van der Waals surface area contributed by atoms with Gasteiger partial charge in [-0.2, -0.15) is 0 Å². The zero-order valence-corrected chi connectivity index (χ0v) is 12.5. The van der Waals surface area contributed by atoms with Crippen molar-refractivity contribution in [3.8, 4) is 10.7 Å². The van der Waals surface area contributed by atoms with Crippen LogP contribution in [0.2, 0.25) is 0 Å². The number of rotatable bonds is 4. The van der Waals surface area contributed by atoms with Crippen LogP contribution in [-0.4, -0.2) is 28.5 Å². The molecule has 4 nitrogen and oxygen atoms in total. The van der Waals surface area contributed by atoms with Crippen molar-refractivity contribution in [1.82, 2.24) is 14.8 Å². The predicted octanol–water partition coefficient (Wildman–Crippen LogP) is 3.18. The molecule has 0 saturated heterocycles. The van der Waals surface area contributed by atoms with Crippen molar-refractivity contribution in [2.75, 3.05) is 13.7 Å². The average Bonchev–Trinajstić information content (AvgIpc) is 2.83. The maximum atomic E-state index is 5.04. The molecule has 2 aromatic rings. The molecule has 0 fully saturated rings. The number of nitrogens with zero attached hydrogens (tertiary/aromatic N) is 3. The van der Waals surface area contributed by atoms with Crippen molar-refractivity contribution in [2.24, 2.45) is 0 Å². The molecule has 0 unspecified atom stereocenters. The first-order valence-electron chi connectivity index (χ1n) is 4.54. The van der Waals surface area contributed by atoms with E-state index in [-0.39, 0.29) is 0 Å². The standard InChI is InChI=1S/C9H9Br2N3OS/c1-15-3-2-14-5-12-13-9(14)7-4-6(10)8(11)16-7/h4-5H,2-3H2,1H3. The van der Waals surface area contributed by atoms with Gasteiger partial charge in [0.2, 0.25) is 0 Å². The summed E-state index contributed by atoms with van der Waals surface area (Å²) < 4.78 is 9.12. The minimum Gasteiger partial charge on any atom is -0.383 e. The molecular weight excluding hydrogens is 358 g/mol. The first-order chi connectivity index (χ1) is 7.72. The van der Waals surface area contributed by atoms with Crippen molar-refractivity contribution >= 4 is 43.2 Å². The molecule has 0 spiro atoms. The monoisotopic (exact) mass is 365 g/mol. The van der Waals surface area contributed by atoms with E-state index in [9.17, 15) is 0 Å². The quantitative estimate of drug-likeness (QED) is 0.834. The van der Waals surface area contributed by atoms with E-state index in [0.717, 1.165) is 25.5 Å². The molecule has 0 saturated carbocycles. The summed E-state index contributed by atoms with van der Waals surface area (Å²) in [6.45, 7) is 1.41. The van der Waals surface area contributed by atoms with Gasteiger partial charge in [-0.05, 0) is 37.9 Å². The summed E-state index contributed by atoms with van der Waals surface area (Å²) in [5.74, 6) is 0.869.